The number of oxime groups is 1. The van der Waals surface area contributed by atoms with Crippen LogP contribution in [0.2, 0.25) is 0 Å². The van der Waals surface area contributed by atoms with Crippen molar-refractivity contribution < 1.29 is 19.1 Å². The van der Waals surface area contributed by atoms with Gasteiger partial charge in [-0.2, -0.15) is 0 Å². The van der Waals surface area contributed by atoms with Crippen LogP contribution < -0.4 is 11.2 Å². The summed E-state index contributed by atoms with van der Waals surface area (Å²) in [5.41, 5.74) is 5.34. The molecule has 0 saturated heterocycles. The Morgan fingerprint density at radius 1 is 1.43 bits per heavy atom. The lowest BCUT2D eigenvalue weighted by atomic mass is 10.00. The van der Waals surface area contributed by atoms with Gasteiger partial charge in [-0.15, -0.1) is 0 Å². The molecule has 3 rings (SSSR count). The Labute approximate surface area is 159 Å². The molecule has 1 heterocycles. The van der Waals surface area contributed by atoms with Crippen molar-refractivity contribution in [2.45, 2.75) is 31.7 Å². The van der Waals surface area contributed by atoms with Crippen LogP contribution in [0.25, 0.3) is 10.9 Å². The van der Waals surface area contributed by atoms with Gasteiger partial charge in [0.25, 0.3) is 0 Å². The maximum Gasteiger partial charge on any atom is 0.341 e. The fourth-order valence-electron chi connectivity index (χ4n) is 3.17. The monoisotopic (exact) mass is 388 g/mol. The topological polar surface area (TPSA) is 131 Å². The number of nitrogens with one attached hydrogen (secondary N) is 1. The minimum absolute atomic E-state index is 0.00593. The maximum absolute atomic E-state index is 14.7. The van der Waals surface area contributed by atoms with Crippen LogP contribution in [0.1, 0.15) is 47.6 Å². The summed E-state index contributed by atoms with van der Waals surface area (Å²) in [6.07, 6.45) is 3.46. The van der Waals surface area contributed by atoms with Gasteiger partial charge in [0.15, 0.2) is 0 Å². The zero-order valence-electron chi connectivity index (χ0n) is 15.4. The average Bonchev–Trinajstić information content (AvgIpc) is 3.47. The molecule has 0 bridgehead atoms. The fourth-order valence-corrected chi connectivity index (χ4v) is 3.17. The normalized spacial score (nSPS) is 14.3. The zero-order valence-corrected chi connectivity index (χ0v) is 15.4. The molecule has 1 aromatic carbocycles. The maximum atomic E-state index is 14.7. The minimum Gasteiger partial charge on any atom is -0.477 e. The largest absolute Gasteiger partial charge is 0.477 e. The molecule has 1 saturated carbocycles. The lowest BCUT2D eigenvalue weighted by molar-refractivity contribution is 0.0695. The van der Waals surface area contributed by atoms with E-state index in [2.05, 4.69) is 5.16 Å². The van der Waals surface area contributed by atoms with Crippen LogP contribution in [0, 0.1) is 11.2 Å². The van der Waals surface area contributed by atoms with Crippen molar-refractivity contribution in [3.63, 3.8) is 0 Å². The SMILES string of the molecule is CON=C(CCN)CC(=N)c1cc2c(cc1F)c(=O)c(C(=O)O)cn2C1CC1. The van der Waals surface area contributed by atoms with Crippen molar-refractivity contribution in [2.75, 3.05) is 13.7 Å². The molecule has 0 spiro atoms. The number of carbonyl (C=O) groups is 1. The first kappa shape index (κ1) is 19.7. The van der Waals surface area contributed by atoms with Crippen molar-refractivity contribution in [1.29, 1.82) is 5.41 Å². The van der Waals surface area contributed by atoms with E-state index in [9.17, 15) is 19.1 Å². The number of hydrogen-bond acceptors (Lipinski definition) is 6. The van der Waals surface area contributed by atoms with E-state index in [1.807, 2.05) is 0 Å². The summed E-state index contributed by atoms with van der Waals surface area (Å²) in [6, 6.07) is 2.52. The molecule has 1 aliphatic carbocycles. The molecule has 0 unspecified atom stereocenters. The average molecular weight is 388 g/mol. The molecule has 2 aromatic rings. The highest BCUT2D eigenvalue weighted by atomic mass is 19.1. The first-order chi connectivity index (χ1) is 13.4. The fraction of sp³-hybridized carbons (Fsp3) is 0.368. The second kappa shape index (κ2) is 7.89. The van der Waals surface area contributed by atoms with Crippen LogP contribution in [0.4, 0.5) is 4.39 Å². The number of hydrogen-bond donors (Lipinski definition) is 3. The molecule has 9 heteroatoms. The van der Waals surface area contributed by atoms with E-state index < -0.39 is 17.2 Å². The number of pyridine rings is 1. The third-order valence-electron chi connectivity index (χ3n) is 4.65. The van der Waals surface area contributed by atoms with E-state index in [1.54, 1.807) is 4.57 Å². The summed E-state index contributed by atoms with van der Waals surface area (Å²) in [6.45, 7) is 0.314. The Hall–Kier alpha value is -3.07. The lowest BCUT2D eigenvalue weighted by Crippen LogP contribution is -2.20. The van der Waals surface area contributed by atoms with Gasteiger partial charge in [0, 0.05) is 41.7 Å². The van der Waals surface area contributed by atoms with Gasteiger partial charge in [-0.05, 0) is 31.5 Å². The Balaban J connectivity index is 2.12. The van der Waals surface area contributed by atoms with Crippen molar-refractivity contribution in [3.8, 4) is 0 Å². The van der Waals surface area contributed by atoms with Crippen LogP contribution in [-0.4, -0.2) is 40.7 Å². The van der Waals surface area contributed by atoms with E-state index in [-0.39, 0.29) is 34.7 Å². The molecular weight excluding hydrogens is 367 g/mol. The van der Waals surface area contributed by atoms with Crippen molar-refractivity contribution in [1.82, 2.24) is 4.57 Å². The third kappa shape index (κ3) is 3.79. The van der Waals surface area contributed by atoms with Gasteiger partial charge >= 0.3 is 5.97 Å². The summed E-state index contributed by atoms with van der Waals surface area (Å²) in [5, 5.41) is 21.4. The van der Waals surface area contributed by atoms with Crippen LogP contribution in [-0.2, 0) is 4.84 Å². The third-order valence-corrected chi connectivity index (χ3v) is 4.65. The first-order valence-corrected chi connectivity index (χ1v) is 8.85. The number of fused-ring (bicyclic) bond motifs is 1. The minimum atomic E-state index is -1.35. The predicted octanol–water partition coefficient (Wildman–Crippen LogP) is 2.28. The second-order valence-electron chi connectivity index (χ2n) is 6.70. The molecule has 0 radical (unpaired) electrons. The molecule has 0 aliphatic heterocycles. The van der Waals surface area contributed by atoms with E-state index >= 15 is 0 Å². The van der Waals surface area contributed by atoms with Crippen molar-refractivity contribution >= 4 is 28.3 Å². The molecule has 0 amide bonds. The molecular formula is C19H21FN4O4. The summed E-state index contributed by atoms with van der Waals surface area (Å²) >= 11 is 0. The van der Waals surface area contributed by atoms with E-state index in [0.717, 1.165) is 18.9 Å². The Bertz CT molecular complexity index is 1040. The summed E-state index contributed by atoms with van der Waals surface area (Å²) in [5.74, 6) is -2.11. The summed E-state index contributed by atoms with van der Waals surface area (Å²) < 4.78 is 16.4. The Morgan fingerprint density at radius 3 is 2.71 bits per heavy atom. The van der Waals surface area contributed by atoms with Gasteiger partial charge < -0.3 is 25.7 Å². The zero-order chi connectivity index (χ0) is 20.4. The highest BCUT2D eigenvalue weighted by Crippen LogP contribution is 2.37. The number of aromatic carboxylic acids is 1. The number of nitrogens with two attached hydrogens (primary N) is 1. The molecule has 4 N–H and O–H groups in total. The van der Waals surface area contributed by atoms with Crippen LogP contribution in [0.3, 0.4) is 0 Å². The number of rotatable bonds is 8. The number of carboxylic acid groups (broad SMARTS) is 1. The molecule has 1 aliphatic rings. The number of aromatic nitrogens is 1. The van der Waals surface area contributed by atoms with E-state index in [0.29, 0.717) is 24.2 Å². The highest BCUT2D eigenvalue weighted by Gasteiger charge is 2.27. The lowest BCUT2D eigenvalue weighted by Gasteiger charge is -2.14. The second-order valence-corrected chi connectivity index (χ2v) is 6.70. The van der Waals surface area contributed by atoms with Crippen molar-refractivity contribution in [3.05, 3.63) is 45.5 Å². The van der Waals surface area contributed by atoms with Crippen molar-refractivity contribution in [2.24, 2.45) is 10.9 Å². The Morgan fingerprint density at radius 2 is 2.14 bits per heavy atom. The molecule has 28 heavy (non-hydrogen) atoms. The van der Waals surface area contributed by atoms with Gasteiger partial charge in [-0.1, -0.05) is 5.16 Å². The number of benzene rings is 1. The molecule has 1 fully saturated rings. The first-order valence-electron chi connectivity index (χ1n) is 8.85. The molecule has 148 valence electrons. The van der Waals surface area contributed by atoms with Crippen LogP contribution >= 0.6 is 0 Å². The number of carboxylic acids is 1. The predicted molar refractivity (Wildman–Crippen MR) is 103 cm³/mol. The summed E-state index contributed by atoms with van der Waals surface area (Å²) in [4.78, 5) is 28.6. The van der Waals surface area contributed by atoms with E-state index in [4.69, 9.17) is 16.0 Å². The smallest absolute Gasteiger partial charge is 0.341 e. The van der Waals surface area contributed by atoms with Gasteiger partial charge in [0.05, 0.1) is 11.2 Å². The standard InChI is InChI=1S/C19H21FN4O4/c1-28-23-10(4-5-21)6-16(22)12-8-17-13(7-15(12)20)18(25)14(19(26)27)9-24(17)11-2-3-11/h7-9,11,22H,2-6,21H2,1H3,(H,26,27). The van der Waals surface area contributed by atoms with E-state index in [1.165, 1.54) is 19.4 Å². The van der Waals surface area contributed by atoms with Crippen LogP contribution in [0.5, 0.6) is 0 Å². The highest BCUT2D eigenvalue weighted by molar-refractivity contribution is 6.12. The van der Waals surface area contributed by atoms with Crippen LogP contribution in [0.15, 0.2) is 28.3 Å². The Kier molecular flexibility index (Phi) is 5.55. The van der Waals surface area contributed by atoms with Gasteiger partial charge in [-0.3, -0.25) is 4.79 Å². The quantitative estimate of drug-likeness (QED) is 0.472. The van der Waals surface area contributed by atoms with Gasteiger partial charge in [-0.25, -0.2) is 9.18 Å². The molecule has 1 aromatic heterocycles. The van der Waals surface area contributed by atoms with Gasteiger partial charge in [0.1, 0.15) is 18.5 Å². The van der Waals surface area contributed by atoms with Gasteiger partial charge in [0.2, 0.25) is 5.43 Å². The number of nitrogens with zero attached hydrogens (tertiary/aromatic N) is 2. The molecule has 0 atom stereocenters. The summed E-state index contributed by atoms with van der Waals surface area (Å²) in [7, 11) is 1.38. The molecule has 8 nitrogen and oxygen atoms in total. The number of halogens is 1.